The van der Waals surface area contributed by atoms with Crippen molar-refractivity contribution < 1.29 is 13.2 Å². The van der Waals surface area contributed by atoms with Gasteiger partial charge in [0, 0.05) is 11.3 Å². The molecule has 1 aromatic carbocycles. The Labute approximate surface area is 73.3 Å². The van der Waals surface area contributed by atoms with E-state index in [-0.39, 0.29) is 11.3 Å². The average molecular weight is 190 g/mol. The normalized spacial score (nSPS) is 14.2. The molecule has 5 heteroatoms. The molecule has 0 aliphatic carbocycles. The topological polar surface area (TPSA) is 52.0 Å². The van der Waals surface area contributed by atoms with Gasteiger partial charge >= 0.3 is 6.18 Å². The number of alkyl halides is 3. The zero-order chi connectivity index (χ0) is 10.1. The number of rotatable bonds is 1. The van der Waals surface area contributed by atoms with Crippen molar-refractivity contribution in [2.45, 2.75) is 12.2 Å². The van der Waals surface area contributed by atoms with Gasteiger partial charge in [0.15, 0.2) is 0 Å². The fraction of sp³-hybridized carbons (Fsp3) is 0.250. The number of para-hydroxylation sites is 1. The molecular weight excluding hydrogens is 181 g/mol. The van der Waals surface area contributed by atoms with E-state index in [0.717, 1.165) is 0 Å². The fourth-order valence-electron chi connectivity index (χ4n) is 0.970. The molecule has 0 spiro atoms. The number of nitrogen functional groups attached to an aromatic ring is 1. The maximum Gasteiger partial charge on any atom is 0.407 e. The molecule has 0 aliphatic rings. The van der Waals surface area contributed by atoms with Crippen LogP contribution in [0.15, 0.2) is 24.3 Å². The molecule has 0 heterocycles. The van der Waals surface area contributed by atoms with Crippen molar-refractivity contribution in [1.29, 1.82) is 0 Å². The lowest BCUT2D eigenvalue weighted by Gasteiger charge is -2.17. The molecule has 1 rings (SSSR count). The van der Waals surface area contributed by atoms with Crippen LogP contribution in [0.4, 0.5) is 18.9 Å². The molecule has 72 valence electrons. The van der Waals surface area contributed by atoms with Crippen molar-refractivity contribution in [1.82, 2.24) is 0 Å². The minimum Gasteiger partial charge on any atom is -0.398 e. The van der Waals surface area contributed by atoms with Crippen LogP contribution in [-0.4, -0.2) is 6.18 Å². The monoisotopic (exact) mass is 190 g/mol. The molecular formula is C8H9F3N2. The van der Waals surface area contributed by atoms with Gasteiger partial charge in [0.1, 0.15) is 6.04 Å². The Morgan fingerprint density at radius 2 is 1.69 bits per heavy atom. The predicted molar refractivity (Wildman–Crippen MR) is 43.8 cm³/mol. The number of benzene rings is 1. The Morgan fingerprint density at radius 1 is 1.15 bits per heavy atom. The summed E-state index contributed by atoms with van der Waals surface area (Å²) in [4.78, 5) is 0. The minimum absolute atomic E-state index is 0.0623. The zero-order valence-electron chi connectivity index (χ0n) is 6.68. The first-order valence-electron chi connectivity index (χ1n) is 3.59. The molecule has 0 bridgehead atoms. The maximum absolute atomic E-state index is 12.1. The molecule has 4 N–H and O–H groups in total. The van der Waals surface area contributed by atoms with Gasteiger partial charge in [-0.1, -0.05) is 18.2 Å². The Bertz CT molecular complexity index is 296. The van der Waals surface area contributed by atoms with E-state index in [9.17, 15) is 13.2 Å². The molecule has 0 aliphatic heterocycles. The van der Waals surface area contributed by atoms with Crippen LogP contribution in [0, 0.1) is 0 Å². The van der Waals surface area contributed by atoms with E-state index in [1.807, 2.05) is 0 Å². The smallest absolute Gasteiger partial charge is 0.398 e. The molecule has 0 aromatic heterocycles. The molecule has 0 radical (unpaired) electrons. The van der Waals surface area contributed by atoms with E-state index in [2.05, 4.69) is 0 Å². The first-order chi connectivity index (χ1) is 5.93. The largest absolute Gasteiger partial charge is 0.407 e. The zero-order valence-corrected chi connectivity index (χ0v) is 6.68. The standard InChI is InChI=1S/C8H9F3N2/c9-8(10,11)7(13)5-3-1-2-4-6(5)12/h1-4,7H,12-13H2/t7-/m0/s1. The van der Waals surface area contributed by atoms with Crippen LogP contribution in [0.2, 0.25) is 0 Å². The quantitative estimate of drug-likeness (QED) is 0.664. The minimum atomic E-state index is -4.45. The van der Waals surface area contributed by atoms with Crippen LogP contribution in [0.25, 0.3) is 0 Å². The van der Waals surface area contributed by atoms with Crippen LogP contribution in [0.3, 0.4) is 0 Å². The fourth-order valence-corrected chi connectivity index (χ4v) is 0.970. The molecule has 0 saturated heterocycles. The van der Waals surface area contributed by atoms with Gasteiger partial charge < -0.3 is 11.5 Å². The lowest BCUT2D eigenvalue weighted by atomic mass is 10.1. The highest BCUT2D eigenvalue weighted by atomic mass is 19.4. The Morgan fingerprint density at radius 3 is 2.15 bits per heavy atom. The van der Waals surface area contributed by atoms with Gasteiger partial charge in [-0.2, -0.15) is 13.2 Å². The summed E-state index contributed by atoms with van der Waals surface area (Å²) in [6, 6.07) is 3.68. The van der Waals surface area contributed by atoms with Crippen LogP contribution in [0.1, 0.15) is 11.6 Å². The molecule has 0 fully saturated rings. The van der Waals surface area contributed by atoms with Crippen molar-refractivity contribution in [2.24, 2.45) is 5.73 Å². The van der Waals surface area contributed by atoms with E-state index >= 15 is 0 Å². The van der Waals surface area contributed by atoms with Gasteiger partial charge in [-0.05, 0) is 6.07 Å². The molecule has 0 saturated carbocycles. The predicted octanol–water partition coefficient (Wildman–Crippen LogP) is 1.83. The van der Waals surface area contributed by atoms with Gasteiger partial charge in [0.2, 0.25) is 0 Å². The van der Waals surface area contributed by atoms with E-state index in [1.165, 1.54) is 18.2 Å². The number of halogens is 3. The molecule has 1 atom stereocenters. The van der Waals surface area contributed by atoms with E-state index in [0.29, 0.717) is 0 Å². The van der Waals surface area contributed by atoms with Crippen LogP contribution in [0.5, 0.6) is 0 Å². The van der Waals surface area contributed by atoms with Crippen LogP contribution in [-0.2, 0) is 0 Å². The second-order valence-corrected chi connectivity index (χ2v) is 2.65. The number of anilines is 1. The highest BCUT2D eigenvalue weighted by molar-refractivity contribution is 5.48. The summed E-state index contributed by atoms with van der Waals surface area (Å²) in [6.45, 7) is 0. The van der Waals surface area contributed by atoms with Crippen molar-refractivity contribution in [3.63, 3.8) is 0 Å². The molecule has 2 nitrogen and oxygen atoms in total. The second kappa shape index (κ2) is 3.26. The molecule has 0 amide bonds. The van der Waals surface area contributed by atoms with Crippen LogP contribution >= 0.6 is 0 Å². The summed E-state index contributed by atoms with van der Waals surface area (Å²) in [6.07, 6.45) is -4.45. The second-order valence-electron chi connectivity index (χ2n) is 2.65. The third-order valence-corrected chi connectivity index (χ3v) is 1.68. The third-order valence-electron chi connectivity index (χ3n) is 1.68. The first kappa shape index (κ1) is 9.85. The summed E-state index contributed by atoms with van der Waals surface area (Å²) >= 11 is 0. The number of hydrogen-bond acceptors (Lipinski definition) is 2. The van der Waals surface area contributed by atoms with Gasteiger partial charge in [-0.3, -0.25) is 0 Å². The van der Waals surface area contributed by atoms with Crippen LogP contribution < -0.4 is 11.5 Å². The van der Waals surface area contributed by atoms with E-state index in [4.69, 9.17) is 11.5 Å². The molecule has 13 heavy (non-hydrogen) atoms. The summed E-state index contributed by atoms with van der Waals surface area (Å²) in [5, 5.41) is 0. The maximum atomic E-state index is 12.1. The van der Waals surface area contributed by atoms with E-state index < -0.39 is 12.2 Å². The van der Waals surface area contributed by atoms with Crippen molar-refractivity contribution in [3.8, 4) is 0 Å². The van der Waals surface area contributed by atoms with Gasteiger partial charge in [0.25, 0.3) is 0 Å². The SMILES string of the molecule is Nc1ccccc1[C@H](N)C(F)(F)F. The Balaban J connectivity index is 3.02. The summed E-state index contributed by atoms with van der Waals surface area (Å²) < 4.78 is 36.4. The third kappa shape index (κ3) is 2.12. The van der Waals surface area contributed by atoms with Crippen molar-refractivity contribution in [2.75, 3.05) is 5.73 Å². The first-order valence-corrected chi connectivity index (χ1v) is 3.59. The summed E-state index contributed by atoms with van der Waals surface area (Å²) in [5.41, 5.74) is 10.3. The number of hydrogen-bond donors (Lipinski definition) is 2. The lowest BCUT2D eigenvalue weighted by Crippen LogP contribution is -2.29. The van der Waals surface area contributed by atoms with Gasteiger partial charge in [-0.15, -0.1) is 0 Å². The number of nitrogens with two attached hydrogens (primary N) is 2. The molecule has 0 unspecified atom stereocenters. The summed E-state index contributed by atoms with van der Waals surface area (Å²) in [5.74, 6) is 0. The van der Waals surface area contributed by atoms with Gasteiger partial charge in [-0.25, -0.2) is 0 Å². The summed E-state index contributed by atoms with van der Waals surface area (Å²) in [7, 11) is 0. The molecule has 1 aromatic rings. The van der Waals surface area contributed by atoms with Gasteiger partial charge in [0.05, 0.1) is 0 Å². The highest BCUT2D eigenvalue weighted by Crippen LogP contribution is 2.32. The lowest BCUT2D eigenvalue weighted by molar-refractivity contribution is -0.149. The Kier molecular flexibility index (Phi) is 2.47. The van der Waals surface area contributed by atoms with Crippen molar-refractivity contribution >= 4 is 5.69 Å². The Hall–Kier alpha value is -1.23. The average Bonchev–Trinajstić information content (AvgIpc) is 2.02. The highest BCUT2D eigenvalue weighted by Gasteiger charge is 2.38. The van der Waals surface area contributed by atoms with E-state index in [1.54, 1.807) is 6.07 Å². The van der Waals surface area contributed by atoms with Crippen molar-refractivity contribution in [3.05, 3.63) is 29.8 Å².